The summed E-state index contributed by atoms with van der Waals surface area (Å²) < 4.78 is 12.8. The number of hydrogen-bond donors (Lipinski definition) is 1. The third-order valence-corrected chi connectivity index (χ3v) is 5.24. The van der Waals surface area contributed by atoms with Gasteiger partial charge in [-0.15, -0.1) is 5.10 Å². The predicted molar refractivity (Wildman–Crippen MR) is 115 cm³/mol. The van der Waals surface area contributed by atoms with E-state index in [1.165, 1.54) is 0 Å². The topological polar surface area (TPSA) is 80.6 Å². The number of rotatable bonds is 5. The molecule has 0 saturated carbocycles. The third-order valence-electron chi connectivity index (χ3n) is 5.24. The number of nitrogens with one attached hydrogen (secondary N) is 1. The summed E-state index contributed by atoms with van der Waals surface area (Å²) in [5.41, 5.74) is 1.88. The summed E-state index contributed by atoms with van der Waals surface area (Å²) in [5, 5.41) is 7.92. The molecule has 0 radical (unpaired) electrons. The molecule has 1 N–H and O–H groups in total. The zero-order chi connectivity index (χ0) is 20.2. The van der Waals surface area contributed by atoms with Crippen molar-refractivity contribution < 1.29 is 9.47 Å². The van der Waals surface area contributed by atoms with E-state index in [1.54, 1.807) is 11.0 Å². The molecule has 9 heteroatoms. The predicted octanol–water partition coefficient (Wildman–Crippen LogP) is 2.08. The molecule has 3 aromatic rings. The Balaban J connectivity index is 1.42. The average Bonchev–Trinajstić information content (AvgIpc) is 3.29. The van der Waals surface area contributed by atoms with Crippen LogP contribution in [-0.2, 0) is 9.47 Å². The van der Waals surface area contributed by atoms with E-state index in [1.807, 2.05) is 30.3 Å². The Morgan fingerprint density at radius 3 is 2.00 bits per heavy atom. The lowest BCUT2D eigenvalue weighted by Crippen LogP contribution is -2.39. The standard InChI is InChI=1S/C21H25N7O2/c1-2-4-18(5-3-1)28-16-22-21(25-28)23-17-14-19(26-6-10-29-11-7-26)24-20(15-17)27-8-12-30-13-9-27/h1-5,14-16H,6-13H2,(H,23,24,25). The molecular formula is C21H25N7O2. The van der Waals surface area contributed by atoms with Gasteiger partial charge in [0.05, 0.1) is 32.1 Å². The highest BCUT2D eigenvalue weighted by atomic mass is 16.5. The van der Waals surface area contributed by atoms with Gasteiger partial charge in [0.1, 0.15) is 18.0 Å². The van der Waals surface area contributed by atoms with Crippen molar-refractivity contribution in [2.24, 2.45) is 0 Å². The van der Waals surface area contributed by atoms with Gasteiger partial charge in [-0.05, 0) is 12.1 Å². The zero-order valence-corrected chi connectivity index (χ0v) is 16.8. The van der Waals surface area contributed by atoms with Gasteiger partial charge in [0.2, 0.25) is 5.95 Å². The lowest BCUT2D eigenvalue weighted by Gasteiger charge is -2.31. The molecule has 2 aromatic heterocycles. The van der Waals surface area contributed by atoms with Crippen LogP contribution in [0.2, 0.25) is 0 Å². The Labute approximate surface area is 175 Å². The second kappa shape index (κ2) is 8.68. The summed E-state index contributed by atoms with van der Waals surface area (Å²) in [6.07, 6.45) is 1.71. The first-order valence-corrected chi connectivity index (χ1v) is 10.3. The highest BCUT2D eigenvalue weighted by molar-refractivity contribution is 5.65. The summed E-state index contributed by atoms with van der Waals surface area (Å²) in [6, 6.07) is 14.1. The van der Waals surface area contributed by atoms with E-state index >= 15 is 0 Å². The summed E-state index contributed by atoms with van der Waals surface area (Å²) in [7, 11) is 0. The van der Waals surface area contributed by atoms with Crippen molar-refractivity contribution in [3.8, 4) is 5.69 Å². The SMILES string of the molecule is c1ccc(-n2cnc(Nc3cc(N4CCOCC4)nc(N4CCOCC4)c3)n2)cc1. The van der Waals surface area contributed by atoms with E-state index in [2.05, 4.69) is 37.3 Å². The number of para-hydroxylation sites is 1. The number of aromatic nitrogens is 4. The molecule has 0 unspecified atom stereocenters. The first-order valence-electron chi connectivity index (χ1n) is 10.3. The molecule has 1 aromatic carbocycles. The van der Waals surface area contributed by atoms with Crippen LogP contribution in [-0.4, -0.2) is 72.4 Å². The fourth-order valence-corrected chi connectivity index (χ4v) is 3.64. The van der Waals surface area contributed by atoms with E-state index in [0.29, 0.717) is 5.95 Å². The Morgan fingerprint density at radius 1 is 0.800 bits per heavy atom. The zero-order valence-electron chi connectivity index (χ0n) is 16.8. The highest BCUT2D eigenvalue weighted by Crippen LogP contribution is 2.27. The van der Waals surface area contributed by atoms with Crippen LogP contribution < -0.4 is 15.1 Å². The minimum Gasteiger partial charge on any atom is -0.378 e. The maximum absolute atomic E-state index is 5.50. The van der Waals surface area contributed by atoms with Gasteiger partial charge >= 0.3 is 0 Å². The summed E-state index contributed by atoms with van der Waals surface area (Å²) >= 11 is 0. The van der Waals surface area contributed by atoms with Gasteiger partial charge in [0, 0.05) is 44.0 Å². The number of benzene rings is 1. The van der Waals surface area contributed by atoms with Crippen LogP contribution in [0.1, 0.15) is 0 Å². The number of anilines is 4. The van der Waals surface area contributed by atoms with Crippen molar-refractivity contribution in [2.45, 2.75) is 0 Å². The molecule has 2 aliphatic heterocycles. The molecule has 4 heterocycles. The van der Waals surface area contributed by atoms with Crippen molar-refractivity contribution >= 4 is 23.3 Å². The maximum Gasteiger partial charge on any atom is 0.246 e. The number of hydrogen-bond acceptors (Lipinski definition) is 8. The largest absolute Gasteiger partial charge is 0.378 e. The fourth-order valence-electron chi connectivity index (χ4n) is 3.64. The number of nitrogens with zero attached hydrogens (tertiary/aromatic N) is 6. The number of pyridine rings is 1. The van der Waals surface area contributed by atoms with E-state index in [9.17, 15) is 0 Å². The van der Waals surface area contributed by atoms with E-state index in [0.717, 1.165) is 75.6 Å². The van der Waals surface area contributed by atoms with Crippen LogP contribution in [0.4, 0.5) is 23.3 Å². The van der Waals surface area contributed by atoms with Gasteiger partial charge in [-0.3, -0.25) is 0 Å². The molecule has 2 aliphatic rings. The molecule has 30 heavy (non-hydrogen) atoms. The quantitative estimate of drug-likeness (QED) is 0.689. The van der Waals surface area contributed by atoms with Crippen molar-refractivity contribution in [3.05, 3.63) is 48.8 Å². The smallest absolute Gasteiger partial charge is 0.246 e. The summed E-state index contributed by atoms with van der Waals surface area (Å²) in [5.74, 6) is 2.42. The minimum atomic E-state index is 0.547. The molecule has 2 saturated heterocycles. The van der Waals surface area contributed by atoms with Crippen LogP contribution in [0.5, 0.6) is 0 Å². The van der Waals surface area contributed by atoms with Gasteiger partial charge in [0.25, 0.3) is 0 Å². The Hall–Kier alpha value is -3.17. The molecule has 0 spiro atoms. The molecule has 0 aliphatic carbocycles. The molecule has 0 amide bonds. The Bertz CT molecular complexity index is 930. The molecule has 156 valence electrons. The van der Waals surface area contributed by atoms with Crippen LogP contribution in [0.3, 0.4) is 0 Å². The van der Waals surface area contributed by atoms with Gasteiger partial charge in [-0.25, -0.2) is 9.67 Å². The van der Waals surface area contributed by atoms with Gasteiger partial charge in [-0.2, -0.15) is 4.98 Å². The maximum atomic E-state index is 5.50. The first-order chi connectivity index (χ1) is 14.8. The van der Waals surface area contributed by atoms with Crippen LogP contribution in [0, 0.1) is 0 Å². The van der Waals surface area contributed by atoms with Crippen molar-refractivity contribution in [1.82, 2.24) is 19.7 Å². The molecule has 2 fully saturated rings. The van der Waals surface area contributed by atoms with Crippen LogP contribution in [0.25, 0.3) is 5.69 Å². The van der Waals surface area contributed by atoms with Crippen LogP contribution in [0.15, 0.2) is 48.8 Å². The summed E-state index contributed by atoms with van der Waals surface area (Å²) in [6.45, 7) is 6.20. The van der Waals surface area contributed by atoms with Gasteiger partial charge in [0.15, 0.2) is 0 Å². The van der Waals surface area contributed by atoms with E-state index in [4.69, 9.17) is 14.5 Å². The minimum absolute atomic E-state index is 0.547. The van der Waals surface area contributed by atoms with Crippen LogP contribution >= 0.6 is 0 Å². The molecule has 9 nitrogen and oxygen atoms in total. The van der Waals surface area contributed by atoms with Gasteiger partial charge in [-0.1, -0.05) is 18.2 Å². The monoisotopic (exact) mass is 407 g/mol. The number of ether oxygens (including phenoxy) is 2. The normalized spacial score (nSPS) is 17.2. The van der Waals surface area contributed by atoms with Crippen molar-refractivity contribution in [1.29, 1.82) is 0 Å². The second-order valence-electron chi connectivity index (χ2n) is 7.24. The second-order valence-corrected chi connectivity index (χ2v) is 7.24. The molecular weight excluding hydrogens is 382 g/mol. The molecule has 0 bridgehead atoms. The van der Waals surface area contributed by atoms with E-state index in [-0.39, 0.29) is 0 Å². The van der Waals surface area contributed by atoms with Gasteiger partial charge < -0.3 is 24.6 Å². The lowest BCUT2D eigenvalue weighted by molar-refractivity contribution is 0.121. The van der Waals surface area contributed by atoms with Crippen molar-refractivity contribution in [3.63, 3.8) is 0 Å². The Morgan fingerprint density at radius 2 is 1.40 bits per heavy atom. The lowest BCUT2D eigenvalue weighted by atomic mass is 10.3. The average molecular weight is 407 g/mol. The fraction of sp³-hybridized carbons (Fsp3) is 0.381. The Kier molecular flexibility index (Phi) is 5.45. The highest BCUT2D eigenvalue weighted by Gasteiger charge is 2.19. The van der Waals surface area contributed by atoms with E-state index < -0.39 is 0 Å². The first kappa shape index (κ1) is 18.8. The van der Waals surface area contributed by atoms with Crippen molar-refractivity contribution in [2.75, 3.05) is 67.7 Å². The summed E-state index contributed by atoms with van der Waals surface area (Å²) in [4.78, 5) is 13.9. The number of morpholine rings is 2. The molecule has 5 rings (SSSR count). The molecule has 0 atom stereocenters. The third kappa shape index (κ3) is 4.22.